The third-order valence-corrected chi connectivity index (χ3v) is 2.83. The number of nitrogens with one attached hydrogen (secondary N) is 1. The lowest BCUT2D eigenvalue weighted by atomic mass is 10.2. The van der Waals surface area contributed by atoms with Crippen molar-refractivity contribution < 1.29 is 27.5 Å². The van der Waals surface area contributed by atoms with Crippen LogP contribution in [0.5, 0.6) is 0 Å². The summed E-state index contributed by atoms with van der Waals surface area (Å²) in [5.74, 6) is -2.92. The minimum absolute atomic E-state index is 0.399. The molecule has 2 rings (SSSR count). The van der Waals surface area contributed by atoms with E-state index < -0.39 is 41.7 Å². The Hall–Kier alpha value is -2.70. The van der Waals surface area contributed by atoms with E-state index >= 15 is 0 Å². The number of rotatable bonds is 5. The van der Waals surface area contributed by atoms with Crippen LogP contribution in [0.2, 0.25) is 0 Å². The van der Waals surface area contributed by atoms with Gasteiger partial charge in [0.15, 0.2) is 6.61 Å². The van der Waals surface area contributed by atoms with Gasteiger partial charge in [-0.3, -0.25) is 4.79 Å². The average molecular weight is 309 g/mol. The summed E-state index contributed by atoms with van der Waals surface area (Å²) >= 11 is 0. The van der Waals surface area contributed by atoms with Gasteiger partial charge in [-0.1, -0.05) is 0 Å². The maximum Gasteiger partial charge on any atom is 0.341 e. The SMILES string of the molecule is C[C@@H](NC(=O)COC(=O)c1ccc(F)cc1F)c1ccco1. The van der Waals surface area contributed by atoms with Crippen LogP contribution in [0.15, 0.2) is 41.0 Å². The highest BCUT2D eigenvalue weighted by Gasteiger charge is 2.17. The van der Waals surface area contributed by atoms with E-state index in [1.54, 1.807) is 19.1 Å². The molecule has 0 aliphatic heterocycles. The highest BCUT2D eigenvalue weighted by molar-refractivity contribution is 5.91. The Morgan fingerprint density at radius 3 is 2.73 bits per heavy atom. The topological polar surface area (TPSA) is 68.5 Å². The van der Waals surface area contributed by atoms with E-state index in [0.29, 0.717) is 11.8 Å². The minimum Gasteiger partial charge on any atom is -0.467 e. The summed E-state index contributed by atoms with van der Waals surface area (Å²) in [6.07, 6.45) is 1.47. The normalized spacial score (nSPS) is 11.8. The molecule has 5 nitrogen and oxygen atoms in total. The fourth-order valence-corrected chi connectivity index (χ4v) is 1.76. The van der Waals surface area contributed by atoms with Crippen molar-refractivity contribution in [3.05, 3.63) is 59.6 Å². The van der Waals surface area contributed by atoms with Gasteiger partial charge in [0, 0.05) is 6.07 Å². The van der Waals surface area contributed by atoms with E-state index in [0.717, 1.165) is 12.1 Å². The van der Waals surface area contributed by atoms with Crippen LogP contribution in [0, 0.1) is 11.6 Å². The molecule has 0 saturated carbocycles. The van der Waals surface area contributed by atoms with Crippen molar-refractivity contribution in [1.29, 1.82) is 0 Å². The molecule has 0 unspecified atom stereocenters. The Morgan fingerprint density at radius 2 is 2.09 bits per heavy atom. The molecule has 2 aromatic rings. The number of hydrogen-bond donors (Lipinski definition) is 1. The zero-order valence-electron chi connectivity index (χ0n) is 11.6. The van der Waals surface area contributed by atoms with E-state index in [-0.39, 0.29) is 0 Å². The summed E-state index contributed by atoms with van der Waals surface area (Å²) in [7, 11) is 0. The molecule has 1 atom stereocenters. The van der Waals surface area contributed by atoms with Gasteiger partial charge in [-0.2, -0.15) is 0 Å². The number of esters is 1. The molecule has 22 heavy (non-hydrogen) atoms. The number of ether oxygens (including phenoxy) is 1. The molecule has 0 radical (unpaired) electrons. The lowest BCUT2D eigenvalue weighted by molar-refractivity contribution is -0.125. The van der Waals surface area contributed by atoms with Crippen molar-refractivity contribution >= 4 is 11.9 Å². The molecule has 1 N–H and O–H groups in total. The van der Waals surface area contributed by atoms with Crippen molar-refractivity contribution in [3.8, 4) is 0 Å². The molecular formula is C15H13F2NO4. The van der Waals surface area contributed by atoms with Crippen LogP contribution in [0.25, 0.3) is 0 Å². The molecule has 0 fully saturated rings. The second-order valence-corrected chi connectivity index (χ2v) is 4.50. The van der Waals surface area contributed by atoms with Gasteiger partial charge in [0.05, 0.1) is 17.9 Å². The van der Waals surface area contributed by atoms with E-state index in [1.807, 2.05) is 0 Å². The van der Waals surface area contributed by atoms with Gasteiger partial charge in [0.2, 0.25) is 0 Å². The number of amides is 1. The number of carbonyl (C=O) groups excluding carboxylic acids is 2. The summed E-state index contributed by atoms with van der Waals surface area (Å²) in [5, 5.41) is 2.55. The molecule has 116 valence electrons. The maximum atomic E-state index is 13.4. The number of benzene rings is 1. The Balaban J connectivity index is 1.86. The van der Waals surface area contributed by atoms with E-state index in [1.165, 1.54) is 6.26 Å². The molecule has 0 saturated heterocycles. The molecule has 7 heteroatoms. The van der Waals surface area contributed by atoms with Crippen molar-refractivity contribution in [2.45, 2.75) is 13.0 Å². The van der Waals surface area contributed by atoms with Gasteiger partial charge in [0.1, 0.15) is 17.4 Å². The number of carbonyl (C=O) groups is 2. The molecule has 0 bridgehead atoms. The second kappa shape index (κ2) is 6.84. The summed E-state index contributed by atoms with van der Waals surface area (Å²) in [5.41, 5.74) is -0.437. The van der Waals surface area contributed by atoms with Gasteiger partial charge >= 0.3 is 5.97 Å². The van der Waals surface area contributed by atoms with Gasteiger partial charge < -0.3 is 14.5 Å². The molecule has 1 aromatic carbocycles. The van der Waals surface area contributed by atoms with Gasteiger partial charge in [0.25, 0.3) is 5.91 Å². The van der Waals surface area contributed by atoms with Crippen LogP contribution in [-0.2, 0) is 9.53 Å². The van der Waals surface area contributed by atoms with Crippen LogP contribution >= 0.6 is 0 Å². The van der Waals surface area contributed by atoms with E-state index in [4.69, 9.17) is 4.42 Å². The predicted octanol–water partition coefficient (Wildman–Crippen LogP) is 2.59. The molecule has 0 spiro atoms. The zero-order valence-corrected chi connectivity index (χ0v) is 11.6. The quantitative estimate of drug-likeness (QED) is 0.862. The van der Waals surface area contributed by atoms with Crippen molar-refractivity contribution in [3.63, 3.8) is 0 Å². The first-order valence-corrected chi connectivity index (χ1v) is 6.42. The fourth-order valence-electron chi connectivity index (χ4n) is 1.76. The minimum atomic E-state index is -1.05. The Labute approximate surface area is 124 Å². The van der Waals surface area contributed by atoms with Crippen molar-refractivity contribution in [2.75, 3.05) is 6.61 Å². The molecule has 1 aromatic heterocycles. The molecule has 1 amide bonds. The summed E-state index contributed by atoms with van der Waals surface area (Å²) in [4.78, 5) is 23.3. The maximum absolute atomic E-state index is 13.4. The lowest BCUT2D eigenvalue weighted by Gasteiger charge is -2.11. The highest BCUT2D eigenvalue weighted by Crippen LogP contribution is 2.13. The third-order valence-electron chi connectivity index (χ3n) is 2.83. The lowest BCUT2D eigenvalue weighted by Crippen LogP contribution is -2.31. The van der Waals surface area contributed by atoms with Gasteiger partial charge in [-0.15, -0.1) is 0 Å². The Morgan fingerprint density at radius 1 is 1.32 bits per heavy atom. The fraction of sp³-hybridized carbons (Fsp3) is 0.200. The Kier molecular flexibility index (Phi) is 4.88. The van der Waals surface area contributed by atoms with Crippen molar-refractivity contribution in [1.82, 2.24) is 5.32 Å². The van der Waals surface area contributed by atoms with Crippen LogP contribution in [0.4, 0.5) is 8.78 Å². The zero-order chi connectivity index (χ0) is 16.1. The highest BCUT2D eigenvalue weighted by atomic mass is 19.1. The molecule has 1 heterocycles. The van der Waals surface area contributed by atoms with Gasteiger partial charge in [-0.05, 0) is 31.2 Å². The average Bonchev–Trinajstić information content (AvgIpc) is 2.99. The third kappa shape index (κ3) is 3.91. The van der Waals surface area contributed by atoms with Crippen LogP contribution in [0.3, 0.4) is 0 Å². The first-order chi connectivity index (χ1) is 10.5. The summed E-state index contributed by atoms with van der Waals surface area (Å²) < 4.78 is 35.9. The van der Waals surface area contributed by atoms with Crippen LogP contribution < -0.4 is 5.32 Å². The monoisotopic (exact) mass is 309 g/mol. The first kappa shape index (κ1) is 15.7. The van der Waals surface area contributed by atoms with Crippen molar-refractivity contribution in [2.24, 2.45) is 0 Å². The molecule has 0 aliphatic rings. The number of hydrogen-bond acceptors (Lipinski definition) is 4. The molecule has 0 aliphatic carbocycles. The second-order valence-electron chi connectivity index (χ2n) is 4.50. The standard InChI is InChI=1S/C15H13F2NO4/c1-9(13-3-2-6-21-13)18-14(19)8-22-15(20)11-5-4-10(16)7-12(11)17/h2-7,9H,8H2,1H3,(H,18,19)/t9-/m1/s1. The van der Waals surface area contributed by atoms with Crippen LogP contribution in [-0.4, -0.2) is 18.5 Å². The molecular weight excluding hydrogens is 296 g/mol. The predicted molar refractivity (Wildman–Crippen MR) is 71.9 cm³/mol. The number of furan rings is 1. The first-order valence-electron chi connectivity index (χ1n) is 6.42. The Bertz CT molecular complexity index is 670. The van der Waals surface area contributed by atoms with E-state index in [9.17, 15) is 18.4 Å². The smallest absolute Gasteiger partial charge is 0.341 e. The number of halogens is 2. The van der Waals surface area contributed by atoms with Gasteiger partial charge in [-0.25, -0.2) is 13.6 Å². The van der Waals surface area contributed by atoms with Crippen LogP contribution in [0.1, 0.15) is 29.1 Å². The largest absolute Gasteiger partial charge is 0.467 e. The summed E-state index contributed by atoms with van der Waals surface area (Å²) in [6.45, 7) is 1.11. The summed E-state index contributed by atoms with van der Waals surface area (Å²) in [6, 6.07) is 5.41. The van der Waals surface area contributed by atoms with E-state index in [2.05, 4.69) is 10.1 Å².